The van der Waals surface area contributed by atoms with E-state index in [0.29, 0.717) is 13.3 Å². The van der Waals surface area contributed by atoms with Gasteiger partial charge in [-0.2, -0.15) is 8.97 Å². The molecule has 0 saturated carbocycles. The summed E-state index contributed by atoms with van der Waals surface area (Å²) in [5.74, 6) is 0.859. The van der Waals surface area contributed by atoms with Gasteiger partial charge in [-0.3, -0.25) is 0 Å². The van der Waals surface area contributed by atoms with Crippen molar-refractivity contribution in [3.63, 3.8) is 0 Å². The van der Waals surface area contributed by atoms with E-state index in [9.17, 15) is 0 Å². The van der Waals surface area contributed by atoms with E-state index >= 15 is 0 Å². The summed E-state index contributed by atoms with van der Waals surface area (Å²) < 4.78 is 11.4. The van der Waals surface area contributed by atoms with Crippen LogP contribution in [0.15, 0.2) is 103 Å². The van der Waals surface area contributed by atoms with E-state index in [0.717, 1.165) is 17.0 Å². The van der Waals surface area contributed by atoms with Gasteiger partial charge in [0.05, 0.1) is 16.1 Å². The summed E-state index contributed by atoms with van der Waals surface area (Å²) >= 11 is 7.80. The fraction of sp³-hybridized carbons (Fsp3) is 0.0357. The number of rotatable bonds is 3. The summed E-state index contributed by atoms with van der Waals surface area (Å²) in [6, 6.07) is 36.3. The van der Waals surface area contributed by atoms with Crippen LogP contribution in [0.2, 0.25) is 0 Å². The van der Waals surface area contributed by atoms with Crippen LogP contribution in [0.4, 0.5) is 0 Å². The van der Waals surface area contributed by atoms with Gasteiger partial charge in [0, 0.05) is 10.9 Å². The number of aromatic nitrogens is 2. The molecule has 176 valence electrons. The molecule has 35 heavy (non-hydrogen) atoms. The van der Waals surface area contributed by atoms with Crippen molar-refractivity contribution in [2.75, 3.05) is 7.11 Å². The predicted octanol–water partition coefficient (Wildman–Crippen LogP) is 5.58. The van der Waals surface area contributed by atoms with E-state index in [2.05, 4.69) is 160 Å². The van der Waals surface area contributed by atoms with E-state index in [1.54, 1.807) is 7.11 Å². The van der Waals surface area contributed by atoms with Crippen molar-refractivity contribution in [2.45, 2.75) is 0 Å². The fourth-order valence-corrected chi connectivity index (χ4v) is 5.60. The van der Waals surface area contributed by atoms with Gasteiger partial charge in [-0.1, -0.05) is 48.5 Å². The Morgan fingerprint density at radius 3 is 2.03 bits per heavy atom. The van der Waals surface area contributed by atoms with Crippen molar-refractivity contribution in [2.24, 2.45) is 0 Å². The van der Waals surface area contributed by atoms with Crippen molar-refractivity contribution in [3.05, 3.63) is 107 Å². The molecular weight excluding hydrogens is 888 g/mol. The Morgan fingerprint density at radius 1 is 0.743 bits per heavy atom. The molecular formula is C28H20I4N2O. The first kappa shape index (κ1) is 25.5. The first-order valence-electron chi connectivity index (χ1n) is 10.8. The second-order valence-corrected chi connectivity index (χ2v) is 25.1. The van der Waals surface area contributed by atoms with Crippen LogP contribution < -0.4 is 22.4 Å². The van der Waals surface area contributed by atoms with Crippen LogP contribution >= 0.6 is 59.8 Å². The van der Waals surface area contributed by atoms with E-state index < -0.39 is 0 Å². The Labute approximate surface area is 247 Å². The number of hydrogen-bond donors (Lipinski definition) is 0. The topological polar surface area (TPSA) is 18.3 Å². The van der Waals surface area contributed by atoms with Crippen LogP contribution in [0.25, 0.3) is 44.4 Å². The van der Waals surface area contributed by atoms with Gasteiger partial charge < -0.3 is 4.74 Å². The Kier molecular flexibility index (Phi) is 8.34. The fourth-order valence-electron chi connectivity index (χ4n) is 4.58. The number of benzene rings is 4. The number of nitrogens with zero attached hydrogens (tertiary/aromatic N) is 2. The molecule has 0 amide bonds. The number of pyridine rings is 1. The predicted molar refractivity (Wildman–Crippen MR) is 167 cm³/mol. The first-order chi connectivity index (χ1) is 17.2. The maximum absolute atomic E-state index is 5.41. The molecule has 2 heterocycles. The van der Waals surface area contributed by atoms with Crippen LogP contribution in [0.1, 0.15) is 0 Å². The van der Waals surface area contributed by atoms with Gasteiger partial charge in [-0.05, 0) is 77.2 Å². The van der Waals surface area contributed by atoms with Gasteiger partial charge in [0.15, 0.2) is 16.7 Å². The Balaban J connectivity index is 0.000000806. The molecule has 6 rings (SSSR count). The normalized spacial score (nSPS) is 11.1. The number of para-hydroxylation sites is 3. The molecule has 7 heteroatoms. The molecule has 0 radical (unpaired) electrons. The number of ether oxygens (including phenoxy) is 1. The minimum atomic E-state index is 0.530. The Morgan fingerprint density at radius 2 is 1.34 bits per heavy atom. The molecule has 2 aromatic heterocycles. The summed E-state index contributed by atoms with van der Waals surface area (Å²) in [4.78, 5) is 0. The standard InChI is InChI=1S/C28H20IN2O.I3/c1-32-21-17-15-19(16-18-21)27-26(29)22-11-5-6-12-23(22)28-30(20-9-3-2-4-10-20)24-13-7-8-14-25(24)31(27)28;1-3-2/h2-18H,1H3;/q+1;-1. The molecule has 0 aliphatic rings. The first-order valence-corrected chi connectivity index (χ1v) is 24.5. The maximum atomic E-state index is 5.41. The molecule has 0 unspecified atom stereocenters. The summed E-state index contributed by atoms with van der Waals surface area (Å²) in [5, 5.41) is 2.48. The van der Waals surface area contributed by atoms with E-state index in [4.69, 9.17) is 4.74 Å². The third kappa shape index (κ3) is 4.77. The average molecular weight is 908 g/mol. The molecule has 0 bridgehead atoms. The van der Waals surface area contributed by atoms with E-state index in [-0.39, 0.29) is 0 Å². The summed E-state index contributed by atoms with van der Waals surface area (Å²) in [5.41, 5.74) is 7.03. The summed E-state index contributed by atoms with van der Waals surface area (Å²) in [7, 11) is 1.70. The van der Waals surface area contributed by atoms with Crippen molar-refractivity contribution >= 4 is 87.3 Å². The number of halogens is 4. The number of hydrogen-bond acceptors (Lipinski definition) is 1. The third-order valence-electron chi connectivity index (χ3n) is 6.00. The zero-order chi connectivity index (χ0) is 24.4. The van der Waals surface area contributed by atoms with Gasteiger partial charge in [0.25, 0.3) is 0 Å². The van der Waals surface area contributed by atoms with Crippen molar-refractivity contribution in [3.8, 4) is 22.7 Å². The zero-order valence-electron chi connectivity index (χ0n) is 18.6. The van der Waals surface area contributed by atoms with Crippen LogP contribution in [-0.4, -0.2) is 11.7 Å². The van der Waals surface area contributed by atoms with Gasteiger partial charge in [0.2, 0.25) is 0 Å². The number of methoxy groups -OCH3 is 1. The van der Waals surface area contributed by atoms with Crippen LogP contribution in [0, 0.1) is 3.57 Å². The molecule has 0 N–H and O–H groups in total. The average Bonchev–Trinajstić information content (AvgIpc) is 3.25. The third-order valence-corrected chi connectivity index (χ3v) is 7.09. The zero-order valence-corrected chi connectivity index (χ0v) is 27.3. The van der Waals surface area contributed by atoms with Crippen LogP contribution in [0.3, 0.4) is 0 Å². The van der Waals surface area contributed by atoms with Gasteiger partial charge in [-0.15, -0.1) is 0 Å². The van der Waals surface area contributed by atoms with Crippen LogP contribution in [0.5, 0.6) is 5.75 Å². The van der Waals surface area contributed by atoms with E-state index in [1.807, 2.05) is 12.1 Å². The Bertz CT molecular complexity index is 1630. The number of fused-ring (bicyclic) bond motifs is 5. The van der Waals surface area contributed by atoms with Crippen molar-refractivity contribution < 1.29 is 22.4 Å². The molecule has 0 aliphatic heterocycles. The van der Waals surface area contributed by atoms with Crippen molar-refractivity contribution in [1.82, 2.24) is 4.57 Å². The minimum absolute atomic E-state index is 0.530. The Hall–Kier alpha value is -1.19. The van der Waals surface area contributed by atoms with Gasteiger partial charge in [-0.25, -0.2) is 0 Å². The molecule has 0 aliphatic carbocycles. The van der Waals surface area contributed by atoms with E-state index in [1.165, 1.54) is 36.7 Å². The molecule has 0 fully saturated rings. The summed E-state index contributed by atoms with van der Waals surface area (Å²) in [6.45, 7) is 0. The SMILES string of the molecule is COc1ccc(-c2c(I)c3ccccc3c3n(-c4ccccc4)c4ccccc4[n+]23)cc1.I[I-]I. The monoisotopic (exact) mass is 908 g/mol. The number of imidazole rings is 1. The van der Waals surface area contributed by atoms with Gasteiger partial charge >= 0.3 is 56.1 Å². The summed E-state index contributed by atoms with van der Waals surface area (Å²) in [6.07, 6.45) is 0. The quantitative estimate of drug-likeness (QED) is 0.168. The molecule has 6 aromatic rings. The van der Waals surface area contributed by atoms with Crippen molar-refractivity contribution in [1.29, 1.82) is 0 Å². The molecule has 3 nitrogen and oxygen atoms in total. The molecule has 0 atom stereocenters. The molecule has 4 aromatic carbocycles. The molecule has 0 spiro atoms. The van der Waals surface area contributed by atoms with Gasteiger partial charge in [0.1, 0.15) is 11.4 Å². The van der Waals surface area contributed by atoms with Crippen LogP contribution in [-0.2, 0) is 0 Å². The second kappa shape index (κ2) is 11.5. The second-order valence-electron chi connectivity index (χ2n) is 7.81. The molecule has 0 saturated heterocycles.